The predicted molar refractivity (Wildman–Crippen MR) is 53.5 cm³/mol. The summed E-state index contributed by atoms with van der Waals surface area (Å²) in [7, 11) is 0. The number of rotatable bonds is 5. The zero-order chi connectivity index (χ0) is 10.4. The first-order valence-corrected chi connectivity index (χ1v) is 5.03. The van der Waals surface area contributed by atoms with Gasteiger partial charge in [-0.2, -0.15) is 0 Å². The smallest absolute Gasteiger partial charge is 0.288 e. The third-order valence-corrected chi connectivity index (χ3v) is 2.06. The molecule has 0 saturated heterocycles. The van der Waals surface area contributed by atoms with E-state index in [0.717, 1.165) is 12.8 Å². The molecule has 5 heteroatoms. The summed E-state index contributed by atoms with van der Waals surface area (Å²) in [6.45, 7) is 2.35. The van der Waals surface area contributed by atoms with Gasteiger partial charge in [-0.05, 0) is 19.8 Å². The normalized spacial score (nSPS) is 10.1. The number of carbonyl (C=O) groups is 1. The van der Waals surface area contributed by atoms with E-state index >= 15 is 0 Å². The van der Waals surface area contributed by atoms with Gasteiger partial charge in [0.1, 0.15) is 0 Å². The molecule has 0 spiro atoms. The highest BCUT2D eigenvalue weighted by molar-refractivity contribution is 6.17. The Labute approximate surface area is 87.6 Å². The van der Waals surface area contributed by atoms with Crippen LogP contribution >= 0.6 is 11.6 Å². The molecule has 14 heavy (non-hydrogen) atoms. The monoisotopic (exact) mass is 216 g/mol. The van der Waals surface area contributed by atoms with E-state index in [2.05, 4.69) is 10.3 Å². The lowest BCUT2D eigenvalue weighted by atomic mass is 10.3. The van der Waals surface area contributed by atoms with E-state index in [1.165, 1.54) is 6.39 Å². The third-order valence-electron chi connectivity index (χ3n) is 1.80. The number of nitrogens with zero attached hydrogens (tertiary/aromatic N) is 1. The van der Waals surface area contributed by atoms with Crippen molar-refractivity contribution in [3.8, 4) is 0 Å². The molecule has 1 amide bonds. The maximum absolute atomic E-state index is 11.4. The number of unbranched alkanes of at least 4 members (excludes halogenated alkanes) is 1. The van der Waals surface area contributed by atoms with E-state index < -0.39 is 0 Å². The molecule has 0 atom stereocenters. The van der Waals surface area contributed by atoms with Crippen molar-refractivity contribution in [1.82, 2.24) is 10.3 Å². The molecule has 0 saturated carbocycles. The van der Waals surface area contributed by atoms with Gasteiger partial charge in [0.25, 0.3) is 5.91 Å². The first-order valence-electron chi connectivity index (χ1n) is 4.50. The van der Waals surface area contributed by atoms with E-state index in [4.69, 9.17) is 16.0 Å². The number of aromatic nitrogens is 1. The van der Waals surface area contributed by atoms with Crippen molar-refractivity contribution in [2.75, 3.05) is 12.4 Å². The highest BCUT2D eigenvalue weighted by Gasteiger charge is 2.12. The third kappa shape index (κ3) is 3.03. The Hall–Kier alpha value is -1.03. The average molecular weight is 217 g/mol. The van der Waals surface area contributed by atoms with Crippen LogP contribution in [0.5, 0.6) is 0 Å². The number of nitrogens with one attached hydrogen (secondary N) is 1. The van der Waals surface area contributed by atoms with Crippen LogP contribution in [0.15, 0.2) is 10.8 Å². The lowest BCUT2D eigenvalue weighted by Gasteiger charge is -2.01. The van der Waals surface area contributed by atoms with Gasteiger partial charge in [0, 0.05) is 12.4 Å². The van der Waals surface area contributed by atoms with Gasteiger partial charge in [0.2, 0.25) is 5.76 Å². The molecule has 1 aromatic heterocycles. The van der Waals surface area contributed by atoms with E-state index in [9.17, 15) is 4.79 Å². The molecule has 0 fully saturated rings. The maximum atomic E-state index is 11.4. The zero-order valence-corrected chi connectivity index (χ0v) is 8.80. The lowest BCUT2D eigenvalue weighted by Crippen LogP contribution is -2.24. The molecule has 1 N–H and O–H groups in total. The molecule has 4 nitrogen and oxygen atoms in total. The Balaban J connectivity index is 2.32. The summed E-state index contributed by atoms with van der Waals surface area (Å²) in [5.41, 5.74) is 0.611. The van der Waals surface area contributed by atoms with Crippen molar-refractivity contribution in [3.05, 3.63) is 17.8 Å². The first kappa shape index (κ1) is 11.0. The van der Waals surface area contributed by atoms with Gasteiger partial charge < -0.3 is 9.73 Å². The summed E-state index contributed by atoms with van der Waals surface area (Å²) in [5, 5.41) is 2.73. The largest absolute Gasteiger partial charge is 0.438 e. The summed E-state index contributed by atoms with van der Waals surface area (Å²) >= 11 is 5.50. The van der Waals surface area contributed by atoms with Crippen molar-refractivity contribution in [2.24, 2.45) is 0 Å². The van der Waals surface area contributed by atoms with E-state index in [1.807, 2.05) is 0 Å². The minimum Gasteiger partial charge on any atom is -0.438 e. The topological polar surface area (TPSA) is 55.1 Å². The predicted octanol–water partition coefficient (Wildman–Crippen LogP) is 1.73. The number of alkyl halides is 1. The fourth-order valence-corrected chi connectivity index (χ4v) is 1.21. The first-order chi connectivity index (χ1) is 6.75. The molecule has 78 valence electrons. The summed E-state index contributed by atoms with van der Waals surface area (Å²) in [5.74, 6) is 0.697. The minimum absolute atomic E-state index is 0.213. The number of carbonyl (C=O) groups excluding carboxylic acids is 1. The number of hydrogen-bond donors (Lipinski definition) is 1. The van der Waals surface area contributed by atoms with Gasteiger partial charge >= 0.3 is 0 Å². The second-order valence-corrected chi connectivity index (χ2v) is 3.30. The van der Waals surface area contributed by atoms with Crippen molar-refractivity contribution in [3.63, 3.8) is 0 Å². The highest BCUT2D eigenvalue weighted by atomic mass is 35.5. The lowest BCUT2D eigenvalue weighted by molar-refractivity contribution is 0.0924. The number of hydrogen-bond acceptors (Lipinski definition) is 3. The maximum Gasteiger partial charge on any atom is 0.288 e. The second-order valence-electron chi connectivity index (χ2n) is 2.92. The van der Waals surface area contributed by atoms with E-state index in [-0.39, 0.29) is 11.7 Å². The van der Waals surface area contributed by atoms with Crippen LogP contribution < -0.4 is 5.32 Å². The van der Waals surface area contributed by atoms with Crippen LogP contribution in [-0.2, 0) is 0 Å². The molecule has 0 aliphatic carbocycles. The van der Waals surface area contributed by atoms with Crippen LogP contribution in [0.4, 0.5) is 0 Å². The molecule has 0 bridgehead atoms. The quantitative estimate of drug-likeness (QED) is 0.603. The van der Waals surface area contributed by atoms with Crippen molar-refractivity contribution < 1.29 is 9.21 Å². The fraction of sp³-hybridized carbons (Fsp3) is 0.556. The van der Waals surface area contributed by atoms with Crippen LogP contribution in [0.25, 0.3) is 0 Å². The Morgan fingerprint density at radius 1 is 1.64 bits per heavy atom. The fourth-order valence-electron chi connectivity index (χ4n) is 1.02. The van der Waals surface area contributed by atoms with Gasteiger partial charge in [-0.3, -0.25) is 4.79 Å². The summed E-state index contributed by atoms with van der Waals surface area (Å²) in [6, 6.07) is 0. The number of amides is 1. The Kier molecular flexibility index (Phi) is 4.46. The minimum atomic E-state index is -0.213. The molecule has 0 radical (unpaired) electrons. The number of aryl methyl sites for hydroxylation is 1. The van der Waals surface area contributed by atoms with Gasteiger partial charge in [-0.15, -0.1) is 11.6 Å². The van der Waals surface area contributed by atoms with Crippen molar-refractivity contribution in [2.45, 2.75) is 19.8 Å². The van der Waals surface area contributed by atoms with Crippen LogP contribution in [0.3, 0.4) is 0 Å². The van der Waals surface area contributed by atoms with Crippen LogP contribution in [-0.4, -0.2) is 23.3 Å². The van der Waals surface area contributed by atoms with Gasteiger partial charge in [0.05, 0.1) is 5.69 Å². The van der Waals surface area contributed by atoms with Crippen LogP contribution in [0.1, 0.15) is 29.1 Å². The van der Waals surface area contributed by atoms with E-state index in [0.29, 0.717) is 18.1 Å². The van der Waals surface area contributed by atoms with Gasteiger partial charge in [-0.25, -0.2) is 4.98 Å². The SMILES string of the molecule is Cc1ncoc1C(=O)NCCCCCl. The average Bonchev–Trinajstić information content (AvgIpc) is 2.59. The molecular formula is C9H13ClN2O2. The molecule has 0 aromatic carbocycles. The molecule has 0 unspecified atom stereocenters. The zero-order valence-electron chi connectivity index (χ0n) is 8.05. The van der Waals surface area contributed by atoms with E-state index in [1.54, 1.807) is 6.92 Å². The number of oxazole rings is 1. The van der Waals surface area contributed by atoms with Crippen molar-refractivity contribution >= 4 is 17.5 Å². The summed E-state index contributed by atoms with van der Waals surface area (Å²) in [6.07, 6.45) is 3.04. The summed E-state index contributed by atoms with van der Waals surface area (Å²) in [4.78, 5) is 15.2. The molecule has 0 aliphatic heterocycles. The van der Waals surface area contributed by atoms with Crippen molar-refractivity contribution in [1.29, 1.82) is 0 Å². The number of halogens is 1. The molecule has 1 heterocycles. The van der Waals surface area contributed by atoms with Crippen LogP contribution in [0.2, 0.25) is 0 Å². The standard InChI is InChI=1S/C9H13ClN2O2/c1-7-8(14-6-12-7)9(13)11-5-3-2-4-10/h6H,2-5H2,1H3,(H,11,13). The van der Waals surface area contributed by atoms with Gasteiger partial charge in [0.15, 0.2) is 6.39 Å². The summed E-state index contributed by atoms with van der Waals surface area (Å²) < 4.78 is 4.93. The van der Waals surface area contributed by atoms with Crippen LogP contribution in [0, 0.1) is 6.92 Å². The molecule has 1 aromatic rings. The Bertz CT molecular complexity index is 299. The molecule has 1 rings (SSSR count). The molecular weight excluding hydrogens is 204 g/mol. The second kappa shape index (κ2) is 5.65. The Morgan fingerprint density at radius 2 is 2.43 bits per heavy atom. The Morgan fingerprint density at radius 3 is 3.00 bits per heavy atom. The molecule has 0 aliphatic rings. The van der Waals surface area contributed by atoms with Gasteiger partial charge in [-0.1, -0.05) is 0 Å². The highest BCUT2D eigenvalue weighted by Crippen LogP contribution is 2.04.